The fourth-order valence-electron chi connectivity index (χ4n) is 1.95. The van der Waals surface area contributed by atoms with Crippen molar-refractivity contribution < 1.29 is 4.79 Å². The summed E-state index contributed by atoms with van der Waals surface area (Å²) in [6.07, 6.45) is 0. The van der Waals surface area contributed by atoms with E-state index in [1.807, 2.05) is 60.7 Å². The molecule has 5 N–H and O–H groups in total. The summed E-state index contributed by atoms with van der Waals surface area (Å²) in [5.41, 5.74) is 13.8. The molecule has 0 aromatic heterocycles. The monoisotopic (exact) mass is 269 g/mol. The second-order valence-electron chi connectivity index (χ2n) is 4.67. The minimum absolute atomic E-state index is 0.245. The molecule has 0 spiro atoms. The van der Waals surface area contributed by atoms with Crippen molar-refractivity contribution in [2.75, 3.05) is 0 Å². The molecule has 1 amide bonds. The van der Waals surface area contributed by atoms with Crippen molar-refractivity contribution in [1.82, 2.24) is 5.32 Å². The van der Waals surface area contributed by atoms with Gasteiger partial charge in [0.1, 0.15) is 6.04 Å². The summed E-state index contributed by atoms with van der Waals surface area (Å²) in [5.74, 6) is -0.245. The molecule has 2 unspecified atom stereocenters. The quantitative estimate of drug-likeness (QED) is 0.766. The molecule has 2 aromatic carbocycles. The number of hydrogen-bond donors (Lipinski definition) is 3. The van der Waals surface area contributed by atoms with Crippen LogP contribution < -0.4 is 16.8 Å². The molecule has 0 aliphatic rings. The predicted molar refractivity (Wildman–Crippen MR) is 79.6 cm³/mol. The highest BCUT2D eigenvalue weighted by Crippen LogP contribution is 2.12. The van der Waals surface area contributed by atoms with Gasteiger partial charge in [0.15, 0.2) is 0 Å². The van der Waals surface area contributed by atoms with Crippen molar-refractivity contribution >= 4 is 5.91 Å². The fraction of sp³-hybridized carbons (Fsp3) is 0.188. The molecule has 0 fully saturated rings. The van der Waals surface area contributed by atoms with E-state index in [0.29, 0.717) is 6.54 Å². The SMILES string of the molecule is NC(C(=O)NCc1ccccc1)C(N)c1ccccc1. The molecule has 0 aliphatic carbocycles. The normalized spacial score (nSPS) is 13.5. The van der Waals surface area contributed by atoms with Crippen molar-refractivity contribution in [3.8, 4) is 0 Å². The van der Waals surface area contributed by atoms with Crippen LogP contribution in [-0.4, -0.2) is 11.9 Å². The topological polar surface area (TPSA) is 81.1 Å². The summed E-state index contributed by atoms with van der Waals surface area (Å²) in [6.45, 7) is 0.453. The van der Waals surface area contributed by atoms with Gasteiger partial charge in [0.25, 0.3) is 0 Å². The van der Waals surface area contributed by atoms with Gasteiger partial charge in [-0.2, -0.15) is 0 Å². The van der Waals surface area contributed by atoms with Crippen LogP contribution in [0.2, 0.25) is 0 Å². The Kier molecular flexibility index (Phi) is 4.87. The summed E-state index contributed by atoms with van der Waals surface area (Å²) in [7, 11) is 0. The van der Waals surface area contributed by atoms with Gasteiger partial charge in [-0.3, -0.25) is 4.79 Å². The molecule has 0 heterocycles. The van der Waals surface area contributed by atoms with Gasteiger partial charge >= 0.3 is 0 Å². The van der Waals surface area contributed by atoms with Crippen LogP contribution >= 0.6 is 0 Å². The highest BCUT2D eigenvalue weighted by Gasteiger charge is 2.22. The highest BCUT2D eigenvalue weighted by atomic mass is 16.2. The van der Waals surface area contributed by atoms with Crippen LogP contribution in [0.5, 0.6) is 0 Å². The summed E-state index contributed by atoms with van der Waals surface area (Å²) in [6, 6.07) is 17.8. The first-order valence-corrected chi connectivity index (χ1v) is 6.56. The first kappa shape index (κ1) is 14.2. The maximum Gasteiger partial charge on any atom is 0.239 e. The lowest BCUT2D eigenvalue weighted by molar-refractivity contribution is -0.123. The molecular formula is C16H19N3O. The third-order valence-corrected chi connectivity index (χ3v) is 3.18. The molecule has 2 aromatic rings. The lowest BCUT2D eigenvalue weighted by Crippen LogP contribution is -2.47. The standard InChI is InChI=1S/C16H19N3O/c17-14(13-9-5-2-6-10-13)15(18)16(20)19-11-12-7-3-1-4-8-12/h1-10,14-15H,11,17-18H2,(H,19,20). The number of carbonyl (C=O) groups is 1. The van der Waals surface area contributed by atoms with E-state index in [0.717, 1.165) is 11.1 Å². The second-order valence-corrected chi connectivity index (χ2v) is 4.67. The average molecular weight is 269 g/mol. The van der Waals surface area contributed by atoms with Crippen LogP contribution in [-0.2, 0) is 11.3 Å². The van der Waals surface area contributed by atoms with E-state index >= 15 is 0 Å². The largest absolute Gasteiger partial charge is 0.351 e. The summed E-state index contributed by atoms with van der Waals surface area (Å²) >= 11 is 0. The van der Waals surface area contributed by atoms with E-state index in [2.05, 4.69) is 5.32 Å². The van der Waals surface area contributed by atoms with Crippen LogP contribution in [0.4, 0.5) is 0 Å². The molecule has 2 rings (SSSR count). The van der Waals surface area contributed by atoms with Gasteiger partial charge in [0.05, 0.1) is 6.04 Å². The Morgan fingerprint density at radius 1 is 0.950 bits per heavy atom. The maximum absolute atomic E-state index is 12.0. The number of amides is 1. The summed E-state index contributed by atoms with van der Waals surface area (Å²) in [4.78, 5) is 12.0. The molecule has 0 radical (unpaired) electrons. The number of nitrogens with two attached hydrogens (primary N) is 2. The number of hydrogen-bond acceptors (Lipinski definition) is 3. The molecule has 104 valence electrons. The van der Waals surface area contributed by atoms with Crippen LogP contribution in [0, 0.1) is 0 Å². The Bertz CT molecular complexity index is 542. The van der Waals surface area contributed by atoms with Crippen LogP contribution in [0.1, 0.15) is 17.2 Å². The predicted octanol–water partition coefficient (Wildman–Crippen LogP) is 1.33. The van der Waals surface area contributed by atoms with Crippen molar-refractivity contribution in [2.24, 2.45) is 11.5 Å². The van der Waals surface area contributed by atoms with Gasteiger partial charge in [-0.25, -0.2) is 0 Å². The van der Waals surface area contributed by atoms with Gasteiger partial charge in [-0.05, 0) is 11.1 Å². The maximum atomic E-state index is 12.0. The Hall–Kier alpha value is -2.17. The third-order valence-electron chi connectivity index (χ3n) is 3.18. The molecule has 4 heteroatoms. The van der Waals surface area contributed by atoms with Crippen LogP contribution in [0.25, 0.3) is 0 Å². The van der Waals surface area contributed by atoms with Crippen molar-refractivity contribution in [3.05, 3.63) is 71.8 Å². The lowest BCUT2D eigenvalue weighted by atomic mass is 10.0. The van der Waals surface area contributed by atoms with E-state index in [-0.39, 0.29) is 5.91 Å². The molecule has 0 saturated heterocycles. The molecule has 4 nitrogen and oxygen atoms in total. The first-order valence-electron chi connectivity index (χ1n) is 6.56. The van der Waals surface area contributed by atoms with E-state index in [1.54, 1.807) is 0 Å². The number of carbonyl (C=O) groups excluding carboxylic acids is 1. The minimum atomic E-state index is -0.763. The first-order chi connectivity index (χ1) is 9.68. The molecule has 0 bridgehead atoms. The zero-order valence-electron chi connectivity index (χ0n) is 11.2. The molecule has 2 atom stereocenters. The molecule has 0 saturated carbocycles. The number of rotatable bonds is 5. The van der Waals surface area contributed by atoms with E-state index in [4.69, 9.17) is 11.5 Å². The van der Waals surface area contributed by atoms with E-state index in [9.17, 15) is 4.79 Å². The Morgan fingerprint density at radius 3 is 2.10 bits per heavy atom. The van der Waals surface area contributed by atoms with Gasteiger partial charge in [-0.15, -0.1) is 0 Å². The van der Waals surface area contributed by atoms with Crippen LogP contribution in [0.3, 0.4) is 0 Å². The van der Waals surface area contributed by atoms with Crippen molar-refractivity contribution in [1.29, 1.82) is 0 Å². The van der Waals surface area contributed by atoms with Gasteiger partial charge in [0.2, 0.25) is 5.91 Å². The Labute approximate surface area is 118 Å². The molecule has 20 heavy (non-hydrogen) atoms. The minimum Gasteiger partial charge on any atom is -0.351 e. The van der Waals surface area contributed by atoms with Crippen molar-refractivity contribution in [2.45, 2.75) is 18.6 Å². The zero-order valence-corrected chi connectivity index (χ0v) is 11.2. The highest BCUT2D eigenvalue weighted by molar-refractivity contribution is 5.82. The fourth-order valence-corrected chi connectivity index (χ4v) is 1.95. The molecular weight excluding hydrogens is 250 g/mol. The average Bonchev–Trinajstić information content (AvgIpc) is 2.53. The third kappa shape index (κ3) is 3.66. The molecule has 0 aliphatic heterocycles. The van der Waals surface area contributed by atoms with Gasteiger partial charge in [-0.1, -0.05) is 60.7 Å². The Morgan fingerprint density at radius 2 is 1.50 bits per heavy atom. The van der Waals surface area contributed by atoms with E-state index < -0.39 is 12.1 Å². The van der Waals surface area contributed by atoms with Crippen LogP contribution in [0.15, 0.2) is 60.7 Å². The Balaban J connectivity index is 1.92. The van der Waals surface area contributed by atoms with E-state index in [1.165, 1.54) is 0 Å². The summed E-state index contributed by atoms with van der Waals surface area (Å²) < 4.78 is 0. The zero-order chi connectivity index (χ0) is 14.4. The van der Waals surface area contributed by atoms with Gasteiger partial charge < -0.3 is 16.8 Å². The smallest absolute Gasteiger partial charge is 0.239 e. The number of benzene rings is 2. The van der Waals surface area contributed by atoms with Gasteiger partial charge in [0, 0.05) is 6.54 Å². The number of nitrogens with one attached hydrogen (secondary N) is 1. The second kappa shape index (κ2) is 6.84. The lowest BCUT2D eigenvalue weighted by Gasteiger charge is -2.19. The summed E-state index contributed by atoms with van der Waals surface area (Å²) in [5, 5.41) is 2.81. The van der Waals surface area contributed by atoms with Crippen molar-refractivity contribution in [3.63, 3.8) is 0 Å².